The van der Waals surface area contributed by atoms with E-state index in [0.717, 1.165) is 22.2 Å². The molecule has 1 heterocycles. The molecule has 0 aliphatic carbocycles. The lowest BCUT2D eigenvalue weighted by molar-refractivity contribution is -0.144. The van der Waals surface area contributed by atoms with Gasteiger partial charge in [0.25, 0.3) is 5.91 Å². The number of carboxylic acids is 1. The van der Waals surface area contributed by atoms with Crippen molar-refractivity contribution in [1.82, 2.24) is 4.90 Å². The molecular weight excluding hydrogens is 338 g/mol. The molecule has 122 valence electrons. The van der Waals surface area contributed by atoms with Gasteiger partial charge in [-0.3, -0.25) is 9.69 Å². The average molecular weight is 353 g/mol. The molecule has 1 atom stereocenters. The molecule has 1 aliphatic heterocycles. The van der Waals surface area contributed by atoms with Gasteiger partial charge in [-0.1, -0.05) is 30.0 Å². The van der Waals surface area contributed by atoms with Gasteiger partial charge in [-0.2, -0.15) is 0 Å². The smallest absolute Gasteiger partial charge is 0.326 e. The van der Waals surface area contributed by atoms with Crippen LogP contribution in [0.2, 0.25) is 0 Å². The lowest BCUT2D eigenvalue weighted by atomic mass is 10.1. The Morgan fingerprint density at radius 2 is 2.00 bits per heavy atom. The predicted octanol–water partition coefficient (Wildman–Crippen LogP) is 2.38. The number of carbonyl (C=O) groups excluding carboxylic acids is 1. The van der Waals surface area contributed by atoms with Crippen molar-refractivity contribution in [3.63, 3.8) is 0 Å². The van der Waals surface area contributed by atoms with Gasteiger partial charge in [-0.25, -0.2) is 4.79 Å². The number of thiocarbonyl (C=S) groups is 1. The van der Waals surface area contributed by atoms with E-state index in [4.69, 9.17) is 26.8 Å². The van der Waals surface area contributed by atoms with Gasteiger partial charge in [0.05, 0.1) is 19.1 Å². The number of hydrogen-bond donors (Lipinski definition) is 1. The molecule has 23 heavy (non-hydrogen) atoms. The first-order valence-corrected chi connectivity index (χ1v) is 7.83. The fourth-order valence-corrected chi connectivity index (χ4v) is 3.44. The number of benzene rings is 1. The summed E-state index contributed by atoms with van der Waals surface area (Å²) < 4.78 is 10.6. The van der Waals surface area contributed by atoms with Crippen molar-refractivity contribution in [2.75, 3.05) is 14.2 Å². The number of carboxylic acid groups (broad SMARTS) is 1. The largest absolute Gasteiger partial charge is 0.493 e. The quantitative estimate of drug-likeness (QED) is 0.643. The zero-order valence-electron chi connectivity index (χ0n) is 12.7. The second kappa shape index (κ2) is 7.01. The van der Waals surface area contributed by atoms with Crippen LogP contribution < -0.4 is 9.47 Å². The highest BCUT2D eigenvalue weighted by Gasteiger charge is 2.38. The summed E-state index contributed by atoms with van der Waals surface area (Å²) in [5.74, 6) is -0.398. The lowest BCUT2D eigenvalue weighted by Gasteiger charge is -2.18. The third kappa shape index (κ3) is 3.48. The predicted molar refractivity (Wildman–Crippen MR) is 91.7 cm³/mol. The van der Waals surface area contributed by atoms with Crippen molar-refractivity contribution in [1.29, 1.82) is 0 Å². The molecule has 0 spiro atoms. The number of nitrogens with zero attached hydrogens (tertiary/aromatic N) is 1. The number of amides is 1. The van der Waals surface area contributed by atoms with E-state index in [-0.39, 0.29) is 4.32 Å². The lowest BCUT2D eigenvalue weighted by Crippen LogP contribution is -2.41. The van der Waals surface area contributed by atoms with Crippen LogP contribution in [0.3, 0.4) is 0 Å². The Labute approximate surface area is 143 Å². The van der Waals surface area contributed by atoms with Crippen LogP contribution in [-0.2, 0) is 9.59 Å². The third-order valence-electron chi connectivity index (χ3n) is 3.27. The Kier molecular flexibility index (Phi) is 5.27. The highest BCUT2D eigenvalue weighted by atomic mass is 32.2. The van der Waals surface area contributed by atoms with Gasteiger partial charge in [0.15, 0.2) is 11.5 Å². The molecule has 0 radical (unpaired) electrons. The Morgan fingerprint density at radius 3 is 2.57 bits per heavy atom. The topological polar surface area (TPSA) is 76.1 Å². The maximum atomic E-state index is 12.4. The van der Waals surface area contributed by atoms with E-state index in [1.807, 2.05) is 0 Å². The van der Waals surface area contributed by atoms with Crippen LogP contribution in [0.5, 0.6) is 11.5 Å². The van der Waals surface area contributed by atoms with E-state index >= 15 is 0 Å². The number of hydrogen-bond acceptors (Lipinski definition) is 6. The fourth-order valence-electron chi connectivity index (χ4n) is 2.02. The SMILES string of the molecule is COc1ccc(/C=C2\SC(=S)N([C@@H](C)C(=O)O)C2=O)cc1OC. The molecule has 1 saturated heterocycles. The highest BCUT2D eigenvalue weighted by molar-refractivity contribution is 8.26. The van der Waals surface area contributed by atoms with Gasteiger partial charge < -0.3 is 14.6 Å². The van der Waals surface area contributed by atoms with Crippen LogP contribution in [-0.4, -0.2) is 46.5 Å². The van der Waals surface area contributed by atoms with Crippen molar-refractivity contribution >= 4 is 46.3 Å². The minimum atomic E-state index is -1.10. The first-order valence-electron chi connectivity index (χ1n) is 6.61. The average Bonchev–Trinajstić information content (AvgIpc) is 2.80. The summed E-state index contributed by atoms with van der Waals surface area (Å²) in [6.07, 6.45) is 1.65. The summed E-state index contributed by atoms with van der Waals surface area (Å²) in [5, 5.41) is 9.07. The molecule has 0 saturated carbocycles. The maximum absolute atomic E-state index is 12.4. The number of methoxy groups -OCH3 is 2. The molecule has 6 nitrogen and oxygen atoms in total. The summed E-state index contributed by atoms with van der Waals surface area (Å²) in [5.41, 5.74) is 0.728. The highest BCUT2D eigenvalue weighted by Crippen LogP contribution is 2.35. The molecule has 2 rings (SSSR count). The molecule has 1 aliphatic rings. The zero-order valence-corrected chi connectivity index (χ0v) is 14.4. The van der Waals surface area contributed by atoms with E-state index in [1.165, 1.54) is 21.1 Å². The molecule has 1 aromatic rings. The van der Waals surface area contributed by atoms with Crippen molar-refractivity contribution in [3.8, 4) is 11.5 Å². The molecule has 1 N–H and O–H groups in total. The Balaban J connectivity index is 2.32. The molecule has 1 fully saturated rings. The van der Waals surface area contributed by atoms with Crippen LogP contribution >= 0.6 is 24.0 Å². The fraction of sp³-hybridized carbons (Fsp3) is 0.267. The van der Waals surface area contributed by atoms with Gasteiger partial charge >= 0.3 is 5.97 Å². The second-order valence-corrected chi connectivity index (χ2v) is 6.36. The molecule has 0 bridgehead atoms. The van der Waals surface area contributed by atoms with Crippen molar-refractivity contribution in [2.24, 2.45) is 0 Å². The molecule has 0 unspecified atom stereocenters. The summed E-state index contributed by atoms with van der Waals surface area (Å²) in [7, 11) is 3.06. The van der Waals surface area contributed by atoms with Crippen LogP contribution in [0, 0.1) is 0 Å². The monoisotopic (exact) mass is 353 g/mol. The molecular formula is C15H15NO5S2. The first-order chi connectivity index (χ1) is 10.9. The number of carbonyl (C=O) groups is 2. The molecule has 8 heteroatoms. The van der Waals surface area contributed by atoms with Crippen LogP contribution in [0.25, 0.3) is 6.08 Å². The number of rotatable bonds is 5. The Hall–Kier alpha value is -2.06. The van der Waals surface area contributed by atoms with Gasteiger partial charge in [0.1, 0.15) is 10.4 Å². The molecule has 1 aromatic carbocycles. The van der Waals surface area contributed by atoms with Gasteiger partial charge in [-0.05, 0) is 30.7 Å². The Morgan fingerprint density at radius 1 is 1.35 bits per heavy atom. The summed E-state index contributed by atoms with van der Waals surface area (Å²) >= 11 is 6.19. The minimum absolute atomic E-state index is 0.233. The zero-order chi connectivity index (χ0) is 17.1. The summed E-state index contributed by atoms with van der Waals surface area (Å²) in [4.78, 5) is 24.9. The van der Waals surface area contributed by atoms with E-state index < -0.39 is 17.9 Å². The van der Waals surface area contributed by atoms with Crippen molar-refractivity contribution < 1.29 is 24.2 Å². The number of aliphatic carboxylic acids is 1. The number of ether oxygens (including phenoxy) is 2. The summed E-state index contributed by atoms with van der Waals surface area (Å²) in [6, 6.07) is 4.23. The standard InChI is InChI=1S/C15H15NO5S2/c1-8(14(18)19)16-13(17)12(23-15(16)22)7-9-4-5-10(20-2)11(6-9)21-3/h4-8H,1-3H3,(H,18,19)/b12-7-/t8-/m0/s1. The van der Waals surface area contributed by atoms with E-state index in [9.17, 15) is 9.59 Å². The summed E-state index contributed by atoms with van der Waals surface area (Å²) in [6.45, 7) is 1.42. The van der Waals surface area contributed by atoms with Crippen LogP contribution in [0.15, 0.2) is 23.1 Å². The maximum Gasteiger partial charge on any atom is 0.326 e. The first kappa shape index (κ1) is 17.3. The Bertz CT molecular complexity index is 701. The molecule has 1 amide bonds. The normalized spacial score (nSPS) is 17.5. The van der Waals surface area contributed by atoms with Crippen LogP contribution in [0.1, 0.15) is 12.5 Å². The van der Waals surface area contributed by atoms with Crippen LogP contribution in [0.4, 0.5) is 0 Å². The van der Waals surface area contributed by atoms with Gasteiger partial charge in [0.2, 0.25) is 0 Å². The third-order valence-corrected chi connectivity index (χ3v) is 4.60. The van der Waals surface area contributed by atoms with Crippen molar-refractivity contribution in [3.05, 3.63) is 28.7 Å². The van der Waals surface area contributed by atoms with E-state index in [2.05, 4.69) is 0 Å². The van der Waals surface area contributed by atoms with E-state index in [0.29, 0.717) is 16.4 Å². The van der Waals surface area contributed by atoms with Gasteiger partial charge in [0, 0.05) is 0 Å². The minimum Gasteiger partial charge on any atom is -0.493 e. The number of thioether (sulfide) groups is 1. The second-order valence-electron chi connectivity index (χ2n) is 4.68. The van der Waals surface area contributed by atoms with Gasteiger partial charge in [-0.15, -0.1) is 0 Å². The molecule has 0 aromatic heterocycles. The van der Waals surface area contributed by atoms with Crippen molar-refractivity contribution in [2.45, 2.75) is 13.0 Å². The van der Waals surface area contributed by atoms with E-state index in [1.54, 1.807) is 24.3 Å².